The van der Waals surface area contributed by atoms with Crippen LogP contribution in [0.15, 0.2) is 30.6 Å². The molecule has 2 aromatic heterocycles. The third kappa shape index (κ3) is 6.34. The van der Waals surface area contributed by atoms with E-state index in [0.29, 0.717) is 36.2 Å². The zero-order valence-electron chi connectivity index (χ0n) is 18.4. The Bertz CT molecular complexity index is 1020. The van der Waals surface area contributed by atoms with Crippen LogP contribution in [0, 0.1) is 0 Å². The SMILES string of the molecule is CC(C)(C)OC(=O)N1CCC[C@H]1C(=O)NCc1cc(-c2ccc(C(F)(F)F)nc2)c(Cl)cn1. The summed E-state index contributed by atoms with van der Waals surface area (Å²) >= 11 is 6.18. The molecule has 3 heterocycles. The van der Waals surface area contributed by atoms with Gasteiger partial charge in [-0.2, -0.15) is 13.2 Å². The first-order valence-corrected chi connectivity index (χ1v) is 10.7. The van der Waals surface area contributed by atoms with Gasteiger partial charge in [0.15, 0.2) is 0 Å². The van der Waals surface area contributed by atoms with Crippen molar-refractivity contribution in [3.63, 3.8) is 0 Å². The molecule has 1 N–H and O–H groups in total. The van der Waals surface area contributed by atoms with Crippen LogP contribution in [0.2, 0.25) is 5.02 Å². The van der Waals surface area contributed by atoms with Gasteiger partial charge in [-0.05, 0) is 45.7 Å². The van der Waals surface area contributed by atoms with Crippen LogP contribution >= 0.6 is 11.6 Å². The molecule has 0 unspecified atom stereocenters. The lowest BCUT2D eigenvalue weighted by Crippen LogP contribution is -2.47. The number of aromatic nitrogens is 2. The molecule has 0 aliphatic carbocycles. The van der Waals surface area contributed by atoms with Crippen molar-refractivity contribution in [2.45, 2.75) is 58.0 Å². The molecule has 3 rings (SSSR count). The van der Waals surface area contributed by atoms with E-state index in [1.807, 2.05) is 0 Å². The van der Waals surface area contributed by atoms with E-state index in [-0.39, 0.29) is 17.5 Å². The van der Waals surface area contributed by atoms with Crippen LogP contribution in [0.25, 0.3) is 11.1 Å². The summed E-state index contributed by atoms with van der Waals surface area (Å²) in [5.41, 5.74) is -0.403. The first-order chi connectivity index (χ1) is 15.3. The minimum Gasteiger partial charge on any atom is -0.444 e. The zero-order valence-corrected chi connectivity index (χ0v) is 19.1. The third-order valence-corrected chi connectivity index (χ3v) is 5.21. The van der Waals surface area contributed by atoms with E-state index in [4.69, 9.17) is 16.3 Å². The molecule has 0 aromatic carbocycles. The molecular weight excluding hydrogens is 461 g/mol. The molecule has 0 radical (unpaired) electrons. The number of nitrogens with one attached hydrogen (secondary N) is 1. The van der Waals surface area contributed by atoms with E-state index in [1.165, 1.54) is 17.2 Å². The Balaban J connectivity index is 1.68. The van der Waals surface area contributed by atoms with Gasteiger partial charge in [-0.3, -0.25) is 19.7 Å². The van der Waals surface area contributed by atoms with Crippen LogP contribution in [-0.4, -0.2) is 45.1 Å². The zero-order chi connectivity index (χ0) is 24.4. The van der Waals surface area contributed by atoms with Crippen molar-refractivity contribution < 1.29 is 27.5 Å². The van der Waals surface area contributed by atoms with Crippen molar-refractivity contribution in [3.05, 3.63) is 47.0 Å². The highest BCUT2D eigenvalue weighted by Crippen LogP contribution is 2.31. The molecule has 2 amide bonds. The Hall–Kier alpha value is -2.88. The Morgan fingerprint density at radius 1 is 1.21 bits per heavy atom. The fourth-order valence-electron chi connectivity index (χ4n) is 3.39. The van der Waals surface area contributed by atoms with Gasteiger partial charge in [0, 0.05) is 30.1 Å². The average Bonchev–Trinajstić information content (AvgIpc) is 3.21. The smallest absolute Gasteiger partial charge is 0.433 e. The lowest BCUT2D eigenvalue weighted by molar-refractivity contribution is -0.141. The van der Waals surface area contributed by atoms with E-state index in [9.17, 15) is 22.8 Å². The molecule has 33 heavy (non-hydrogen) atoms. The van der Waals surface area contributed by atoms with Gasteiger partial charge >= 0.3 is 12.3 Å². The van der Waals surface area contributed by atoms with Gasteiger partial charge in [-0.1, -0.05) is 17.7 Å². The highest BCUT2D eigenvalue weighted by molar-refractivity contribution is 6.33. The molecule has 0 spiro atoms. The summed E-state index contributed by atoms with van der Waals surface area (Å²) in [6.45, 7) is 5.75. The standard InChI is InChI=1S/C22H24ClF3N4O3/c1-21(2,3)33-20(32)30-8-4-5-17(30)19(31)29-11-14-9-15(16(23)12-27-14)13-6-7-18(28-10-13)22(24,25)26/h6-7,9-10,12,17H,4-5,8,11H2,1-3H3,(H,29,31)/t17-/m0/s1. The van der Waals surface area contributed by atoms with Crippen LogP contribution in [0.4, 0.5) is 18.0 Å². The summed E-state index contributed by atoms with van der Waals surface area (Å²) in [5.74, 6) is -0.340. The maximum absolute atomic E-state index is 12.8. The molecule has 0 saturated carbocycles. The monoisotopic (exact) mass is 484 g/mol. The maximum atomic E-state index is 12.8. The second-order valence-corrected chi connectivity index (χ2v) is 9.04. The number of hydrogen-bond donors (Lipinski definition) is 1. The van der Waals surface area contributed by atoms with Crippen LogP contribution < -0.4 is 5.32 Å². The number of carbonyl (C=O) groups is 2. The number of likely N-dealkylation sites (tertiary alicyclic amines) is 1. The van der Waals surface area contributed by atoms with Gasteiger partial charge in [0.25, 0.3) is 0 Å². The number of carbonyl (C=O) groups excluding carboxylic acids is 2. The topological polar surface area (TPSA) is 84.4 Å². The Morgan fingerprint density at radius 2 is 1.94 bits per heavy atom. The van der Waals surface area contributed by atoms with Gasteiger partial charge in [0.05, 0.1) is 17.3 Å². The van der Waals surface area contributed by atoms with Crippen molar-refractivity contribution in [3.8, 4) is 11.1 Å². The molecule has 1 saturated heterocycles. The van der Waals surface area contributed by atoms with E-state index in [1.54, 1.807) is 26.8 Å². The van der Waals surface area contributed by atoms with Crippen LogP contribution in [0.1, 0.15) is 45.0 Å². The Morgan fingerprint density at radius 3 is 2.55 bits per heavy atom. The summed E-state index contributed by atoms with van der Waals surface area (Å²) < 4.78 is 43.6. The number of alkyl halides is 3. The molecule has 0 bridgehead atoms. The van der Waals surface area contributed by atoms with E-state index in [2.05, 4.69) is 15.3 Å². The predicted molar refractivity (Wildman–Crippen MR) is 115 cm³/mol. The summed E-state index contributed by atoms with van der Waals surface area (Å²) in [6, 6.07) is 3.08. The molecule has 178 valence electrons. The van der Waals surface area contributed by atoms with Crippen molar-refractivity contribution in [2.24, 2.45) is 0 Å². The molecule has 1 aliphatic heterocycles. The molecule has 2 aromatic rings. The maximum Gasteiger partial charge on any atom is 0.433 e. The summed E-state index contributed by atoms with van der Waals surface area (Å²) in [4.78, 5) is 34.1. The number of halogens is 4. The second kappa shape index (κ2) is 9.54. The van der Waals surface area contributed by atoms with Crippen LogP contribution in [0.5, 0.6) is 0 Å². The van der Waals surface area contributed by atoms with Crippen molar-refractivity contribution in [1.82, 2.24) is 20.2 Å². The van der Waals surface area contributed by atoms with Crippen molar-refractivity contribution in [2.75, 3.05) is 6.54 Å². The lowest BCUT2D eigenvalue weighted by atomic mass is 10.1. The quantitative estimate of drug-likeness (QED) is 0.671. The lowest BCUT2D eigenvalue weighted by Gasteiger charge is -2.28. The number of pyridine rings is 2. The fraction of sp³-hybridized carbons (Fsp3) is 0.455. The second-order valence-electron chi connectivity index (χ2n) is 8.63. The fourth-order valence-corrected chi connectivity index (χ4v) is 3.61. The first kappa shape index (κ1) is 24.8. The normalized spacial score (nSPS) is 16.6. The summed E-state index contributed by atoms with van der Waals surface area (Å²) in [5, 5.41) is 2.99. The average molecular weight is 485 g/mol. The van der Waals surface area contributed by atoms with E-state index in [0.717, 1.165) is 12.3 Å². The summed E-state index contributed by atoms with van der Waals surface area (Å²) in [6.07, 6.45) is -1.43. The molecule has 1 fully saturated rings. The van der Waals surface area contributed by atoms with Gasteiger partial charge in [-0.15, -0.1) is 0 Å². The molecule has 7 nitrogen and oxygen atoms in total. The number of hydrogen-bond acceptors (Lipinski definition) is 5. The van der Waals surface area contributed by atoms with Crippen molar-refractivity contribution >= 4 is 23.6 Å². The van der Waals surface area contributed by atoms with Gasteiger partial charge in [0.2, 0.25) is 5.91 Å². The minimum atomic E-state index is -4.54. The van der Waals surface area contributed by atoms with E-state index < -0.39 is 29.6 Å². The van der Waals surface area contributed by atoms with Crippen molar-refractivity contribution in [1.29, 1.82) is 0 Å². The van der Waals surface area contributed by atoms with Crippen LogP contribution in [0.3, 0.4) is 0 Å². The first-order valence-electron chi connectivity index (χ1n) is 10.3. The Kier molecular flexibility index (Phi) is 7.16. The van der Waals surface area contributed by atoms with Gasteiger partial charge in [-0.25, -0.2) is 4.79 Å². The molecule has 1 aliphatic rings. The highest BCUT2D eigenvalue weighted by Gasteiger charge is 2.36. The molecular formula is C22H24ClF3N4O3. The largest absolute Gasteiger partial charge is 0.444 e. The van der Waals surface area contributed by atoms with Crippen LogP contribution in [-0.2, 0) is 22.3 Å². The number of nitrogens with zero attached hydrogens (tertiary/aromatic N) is 3. The minimum absolute atomic E-state index is 0.0513. The molecule has 11 heteroatoms. The van der Waals surface area contributed by atoms with Gasteiger partial charge < -0.3 is 10.1 Å². The summed E-state index contributed by atoms with van der Waals surface area (Å²) in [7, 11) is 0. The van der Waals surface area contributed by atoms with E-state index >= 15 is 0 Å². The third-order valence-electron chi connectivity index (χ3n) is 4.90. The number of amides is 2. The Labute approximate surface area is 194 Å². The molecule has 1 atom stereocenters. The number of rotatable bonds is 4. The predicted octanol–water partition coefficient (Wildman–Crippen LogP) is 4.83. The number of ether oxygens (including phenoxy) is 1. The van der Waals surface area contributed by atoms with Gasteiger partial charge in [0.1, 0.15) is 17.3 Å². The highest BCUT2D eigenvalue weighted by atomic mass is 35.5.